The second-order valence-electron chi connectivity index (χ2n) is 27.0. The first-order valence-electron chi connectivity index (χ1n) is 41.1. The Morgan fingerprint density at radius 2 is 0.519 bits per heavy atom. The molecule has 0 heterocycles. The van der Waals surface area contributed by atoms with Gasteiger partial charge >= 0.3 is 39.5 Å². The van der Waals surface area contributed by atoms with Crippen molar-refractivity contribution >= 4 is 39.5 Å². The average Bonchev–Trinajstić information content (AvgIpc) is 0.909. The van der Waals surface area contributed by atoms with Gasteiger partial charge in [-0.3, -0.25) is 37.3 Å². The van der Waals surface area contributed by atoms with E-state index in [1.54, 1.807) is 0 Å². The lowest BCUT2D eigenvalue weighted by Gasteiger charge is -2.21. The number of rotatable bonds is 76. The predicted octanol–water partition coefficient (Wildman–Crippen LogP) is 24.2. The summed E-state index contributed by atoms with van der Waals surface area (Å²) in [6.07, 6.45) is 89.8. The molecule has 0 fully saturated rings. The second-order valence-corrected chi connectivity index (χ2v) is 29.9. The molecule has 0 saturated heterocycles. The van der Waals surface area contributed by atoms with Gasteiger partial charge in [-0.25, -0.2) is 9.13 Å². The zero-order valence-electron chi connectivity index (χ0n) is 66.3. The molecule has 0 aliphatic heterocycles. The molecule has 0 spiro atoms. The van der Waals surface area contributed by atoms with Gasteiger partial charge in [-0.05, 0) is 154 Å². The van der Waals surface area contributed by atoms with Crippen molar-refractivity contribution < 1.29 is 80.2 Å². The minimum absolute atomic E-state index is 0.0312. The Hall–Kier alpha value is -5.06. The van der Waals surface area contributed by atoms with E-state index in [-0.39, 0.29) is 25.7 Å². The van der Waals surface area contributed by atoms with Crippen molar-refractivity contribution in [1.29, 1.82) is 0 Å². The van der Waals surface area contributed by atoms with Gasteiger partial charge in [-0.2, -0.15) is 0 Å². The second kappa shape index (κ2) is 78.1. The van der Waals surface area contributed by atoms with E-state index in [2.05, 4.69) is 143 Å². The van der Waals surface area contributed by atoms with Crippen molar-refractivity contribution in [1.82, 2.24) is 0 Å². The number of aliphatic hydroxyl groups excluding tert-OH is 1. The lowest BCUT2D eigenvalue weighted by Crippen LogP contribution is -2.30. The summed E-state index contributed by atoms with van der Waals surface area (Å²) in [7, 11) is -10.0. The molecule has 0 saturated carbocycles. The molecule has 17 nitrogen and oxygen atoms in total. The summed E-state index contributed by atoms with van der Waals surface area (Å²) in [4.78, 5) is 73.1. The minimum atomic E-state index is -5.00. The van der Waals surface area contributed by atoms with E-state index < -0.39 is 97.5 Å². The number of phosphoric ester groups is 2. The minimum Gasteiger partial charge on any atom is -0.462 e. The lowest BCUT2D eigenvalue weighted by atomic mass is 10.1. The smallest absolute Gasteiger partial charge is 0.462 e. The van der Waals surface area contributed by atoms with Gasteiger partial charge in [0.1, 0.15) is 19.3 Å². The third kappa shape index (κ3) is 77.1. The Morgan fingerprint density at radius 1 is 0.274 bits per heavy atom. The SMILES string of the molecule is CC/C=C\C/C=C\C/C=C\C/C=C\C/C=C\C/C=C\CCC(=O)OC[C@H](COP(=O)(O)OCC(O)COP(=O)(O)OC[C@@H](COC(=O)CCC/C=C\C/C=C\C/C=C\C/C=C\CCCCC)OC(=O)CCCCCCCCC/C=C\CCCCCC)OC(=O)CCCCCCCCC/C=C\CCCCCC. The molecule has 0 bridgehead atoms. The monoisotopic (exact) mass is 1530 g/mol. The Kier molecular flexibility index (Phi) is 74.3. The van der Waals surface area contributed by atoms with Gasteiger partial charge in [0.15, 0.2) is 12.2 Å². The third-order valence-electron chi connectivity index (χ3n) is 16.8. The van der Waals surface area contributed by atoms with E-state index in [1.165, 1.54) is 70.6 Å². The van der Waals surface area contributed by atoms with Crippen LogP contribution in [0.3, 0.4) is 0 Å². The number of phosphoric acid groups is 2. The standard InChI is InChI=1S/C87H146O17P2/c1-5-9-13-17-21-25-29-33-37-39-40-42-46-48-52-56-60-64-68-72-85(90)98-78-83(104-87(92)74-70-66-62-58-54-50-44-36-32-28-24-20-16-12-8-4)80-102-106(95,96)100-76-81(88)75-99-105(93,94)101-79-82(103-86(91)73-69-65-61-57-53-49-43-35-31-27-23-19-15-11-7-3)77-97-84(89)71-67-63-59-55-51-47-45-41-38-34-30-26-22-18-14-10-6-2/h9,13,21-22,25-28,31-34,37-38,40,42,45,47-48,52,55,59-60,64,81-83,88H,5-8,10-12,14-20,23-24,29-30,35-36,39,41,43-44,46,49-51,53-54,56-58,61-63,65-80H2,1-4H3,(H,93,94)(H,95,96)/b13-9-,25-21-,26-22-,31-27-,32-28-,37-33-,38-34-,42-40-,47-45-,52-48-,59-55-,64-60-/t81?,82-,83-/m1/s1. The van der Waals surface area contributed by atoms with E-state index >= 15 is 0 Å². The van der Waals surface area contributed by atoms with Crippen molar-refractivity contribution in [3.05, 3.63) is 146 Å². The van der Waals surface area contributed by atoms with Crippen LogP contribution < -0.4 is 0 Å². The van der Waals surface area contributed by atoms with Crippen LogP contribution in [0.2, 0.25) is 0 Å². The van der Waals surface area contributed by atoms with Crippen molar-refractivity contribution in [2.24, 2.45) is 0 Å². The van der Waals surface area contributed by atoms with E-state index in [0.29, 0.717) is 38.5 Å². The molecule has 0 aromatic heterocycles. The summed E-state index contributed by atoms with van der Waals surface area (Å²) < 4.78 is 68.5. The third-order valence-corrected chi connectivity index (χ3v) is 18.7. The van der Waals surface area contributed by atoms with Gasteiger partial charge in [0.05, 0.1) is 26.4 Å². The fraction of sp³-hybridized carbons (Fsp3) is 0.678. The highest BCUT2D eigenvalue weighted by Crippen LogP contribution is 2.45. The van der Waals surface area contributed by atoms with Crippen LogP contribution in [0, 0.1) is 0 Å². The summed E-state index contributed by atoms with van der Waals surface area (Å²) >= 11 is 0. The molecule has 19 heteroatoms. The quantitative estimate of drug-likeness (QED) is 0.0169. The zero-order valence-corrected chi connectivity index (χ0v) is 68.1. The zero-order chi connectivity index (χ0) is 77.4. The molecular formula is C87H146O17P2. The number of carbonyl (C=O) groups is 4. The van der Waals surface area contributed by atoms with Gasteiger partial charge in [0.2, 0.25) is 0 Å². The molecule has 0 amide bonds. The first-order valence-corrected chi connectivity index (χ1v) is 44.1. The maximum absolute atomic E-state index is 13.1. The fourth-order valence-electron chi connectivity index (χ4n) is 10.5. The number of hydrogen-bond donors (Lipinski definition) is 3. The number of esters is 4. The van der Waals surface area contributed by atoms with Crippen LogP contribution in [0.4, 0.5) is 0 Å². The highest BCUT2D eigenvalue weighted by Gasteiger charge is 2.30. The Bertz CT molecular complexity index is 2580. The van der Waals surface area contributed by atoms with Gasteiger partial charge in [0, 0.05) is 25.7 Å². The van der Waals surface area contributed by atoms with Crippen LogP contribution in [-0.4, -0.2) is 96.7 Å². The molecule has 3 N–H and O–H groups in total. The van der Waals surface area contributed by atoms with E-state index in [1.807, 2.05) is 30.4 Å². The summed E-state index contributed by atoms with van der Waals surface area (Å²) in [5.74, 6) is -2.35. The molecular weight excluding hydrogens is 1380 g/mol. The molecule has 106 heavy (non-hydrogen) atoms. The summed E-state index contributed by atoms with van der Waals surface area (Å²) in [5, 5.41) is 10.7. The number of hydrogen-bond acceptors (Lipinski definition) is 15. The predicted molar refractivity (Wildman–Crippen MR) is 436 cm³/mol. The average molecular weight is 1530 g/mol. The molecule has 0 radical (unpaired) electrons. The van der Waals surface area contributed by atoms with E-state index in [0.717, 1.165) is 161 Å². The molecule has 0 aromatic carbocycles. The first-order chi connectivity index (χ1) is 51.7. The van der Waals surface area contributed by atoms with Crippen LogP contribution >= 0.6 is 15.6 Å². The molecule has 0 aliphatic rings. The highest BCUT2D eigenvalue weighted by molar-refractivity contribution is 7.47. The maximum Gasteiger partial charge on any atom is 0.472 e. The highest BCUT2D eigenvalue weighted by atomic mass is 31.2. The number of ether oxygens (including phenoxy) is 4. The fourth-order valence-corrected chi connectivity index (χ4v) is 12.1. The molecule has 0 aliphatic carbocycles. The number of aliphatic hydroxyl groups is 1. The Balaban J connectivity index is 5.48. The van der Waals surface area contributed by atoms with Crippen molar-refractivity contribution in [2.45, 2.75) is 341 Å². The number of unbranched alkanes of at least 4 members (excludes halogenated alkanes) is 26. The van der Waals surface area contributed by atoms with Crippen LogP contribution in [0.5, 0.6) is 0 Å². The molecule has 0 aromatic rings. The number of allylic oxidation sites excluding steroid dienone is 24. The van der Waals surface area contributed by atoms with Crippen LogP contribution in [0.15, 0.2) is 146 Å². The Morgan fingerprint density at radius 3 is 0.868 bits per heavy atom. The molecule has 5 atom stereocenters. The van der Waals surface area contributed by atoms with Crippen molar-refractivity contribution in [3.8, 4) is 0 Å². The van der Waals surface area contributed by atoms with Crippen LogP contribution in [0.1, 0.15) is 323 Å². The summed E-state index contributed by atoms with van der Waals surface area (Å²) in [6, 6.07) is 0. The van der Waals surface area contributed by atoms with Gasteiger partial charge in [-0.15, -0.1) is 0 Å². The van der Waals surface area contributed by atoms with Gasteiger partial charge in [0.25, 0.3) is 0 Å². The lowest BCUT2D eigenvalue weighted by molar-refractivity contribution is -0.161. The topological polar surface area (TPSA) is 237 Å². The largest absolute Gasteiger partial charge is 0.472 e. The molecule has 3 unspecified atom stereocenters. The summed E-state index contributed by atoms with van der Waals surface area (Å²) in [5.41, 5.74) is 0. The van der Waals surface area contributed by atoms with Crippen molar-refractivity contribution in [2.75, 3.05) is 39.6 Å². The maximum atomic E-state index is 13.1. The van der Waals surface area contributed by atoms with E-state index in [4.69, 9.17) is 37.0 Å². The van der Waals surface area contributed by atoms with Crippen LogP contribution in [-0.2, 0) is 65.4 Å². The first kappa shape index (κ1) is 101. The molecule has 0 rings (SSSR count). The van der Waals surface area contributed by atoms with Crippen molar-refractivity contribution in [3.63, 3.8) is 0 Å². The van der Waals surface area contributed by atoms with Gasteiger partial charge in [-0.1, -0.05) is 289 Å². The summed E-state index contributed by atoms with van der Waals surface area (Å²) in [6.45, 7) is 4.57. The Labute approximate surface area is 643 Å². The number of carbonyl (C=O) groups excluding carboxylic acids is 4. The van der Waals surface area contributed by atoms with E-state index in [9.17, 15) is 43.2 Å². The normalized spacial score (nSPS) is 14.6. The van der Waals surface area contributed by atoms with Crippen LogP contribution in [0.25, 0.3) is 0 Å². The van der Waals surface area contributed by atoms with Gasteiger partial charge < -0.3 is 33.8 Å². The molecule has 606 valence electrons.